The van der Waals surface area contributed by atoms with E-state index in [1.807, 2.05) is 0 Å². The van der Waals surface area contributed by atoms with Crippen LogP contribution in [-0.4, -0.2) is 70.1 Å². The third-order valence-corrected chi connectivity index (χ3v) is 7.15. The van der Waals surface area contributed by atoms with Crippen LogP contribution in [0, 0.1) is 0 Å². The van der Waals surface area contributed by atoms with Crippen molar-refractivity contribution in [3.8, 4) is 11.5 Å². The van der Waals surface area contributed by atoms with E-state index in [2.05, 4.69) is 16.8 Å². The Labute approximate surface area is 166 Å². The Kier molecular flexibility index (Phi) is 6.30. The normalized spacial score (nSPS) is 24.1. The van der Waals surface area contributed by atoms with Crippen molar-refractivity contribution in [2.45, 2.75) is 31.3 Å². The molecule has 7 nitrogen and oxygen atoms in total. The maximum Gasteiger partial charge on any atom is 0.251 e. The third kappa shape index (κ3) is 4.33. The molecule has 2 aliphatic rings. The number of nitrogens with one attached hydrogen (secondary N) is 1. The van der Waals surface area contributed by atoms with E-state index in [1.54, 1.807) is 25.3 Å². The fraction of sp³-hybridized carbons (Fsp3) is 0.550. The monoisotopic (exact) mass is 408 g/mol. The van der Waals surface area contributed by atoms with Crippen molar-refractivity contribution in [1.29, 1.82) is 0 Å². The zero-order valence-electron chi connectivity index (χ0n) is 16.4. The molecule has 2 heterocycles. The Hall–Kier alpha value is -2.06. The van der Waals surface area contributed by atoms with Gasteiger partial charge in [0.2, 0.25) is 0 Å². The molecule has 2 aliphatic heterocycles. The Morgan fingerprint density at radius 2 is 1.96 bits per heavy atom. The molecule has 8 heteroatoms. The van der Waals surface area contributed by atoms with Gasteiger partial charge in [0.05, 0.1) is 31.8 Å². The van der Waals surface area contributed by atoms with Crippen molar-refractivity contribution >= 4 is 15.7 Å². The molecule has 2 atom stereocenters. The number of rotatable bonds is 7. The first-order chi connectivity index (χ1) is 13.4. The van der Waals surface area contributed by atoms with Crippen molar-refractivity contribution < 1.29 is 22.7 Å². The molecule has 0 radical (unpaired) electrons. The van der Waals surface area contributed by atoms with Gasteiger partial charge in [-0.3, -0.25) is 9.69 Å². The van der Waals surface area contributed by atoms with Gasteiger partial charge in [-0.25, -0.2) is 8.42 Å². The van der Waals surface area contributed by atoms with Crippen LogP contribution in [-0.2, 0) is 16.3 Å². The maximum absolute atomic E-state index is 12.9. The van der Waals surface area contributed by atoms with Crippen molar-refractivity contribution in [1.82, 2.24) is 10.2 Å². The minimum atomic E-state index is -3.16. The Balaban J connectivity index is 1.85. The van der Waals surface area contributed by atoms with Crippen LogP contribution in [0.1, 0.15) is 28.8 Å². The van der Waals surface area contributed by atoms with E-state index in [0.717, 1.165) is 31.5 Å². The molecule has 0 saturated carbocycles. The summed E-state index contributed by atoms with van der Waals surface area (Å²) in [6, 6.07) is 2.79. The Bertz CT molecular complexity index is 846. The standard InChI is InChI=1S/C20H28N2O5S/c1-4-7-14-10-15(11-18(26-2)19(14)27-3)20(23)21-16-12-28(24,25)13-17(16)22-8-5-6-9-22/h4,10-11,16-17H,1,5-9,12-13H2,2-3H3,(H,21,23). The number of carbonyl (C=O) groups excluding carboxylic acids is 1. The van der Waals surface area contributed by atoms with E-state index in [-0.39, 0.29) is 23.5 Å². The predicted octanol–water partition coefficient (Wildman–Crippen LogP) is 1.42. The van der Waals surface area contributed by atoms with Crippen LogP contribution in [0.25, 0.3) is 0 Å². The number of allylic oxidation sites excluding steroid dienone is 1. The molecule has 0 spiro atoms. The molecule has 0 bridgehead atoms. The number of carbonyl (C=O) groups is 1. The van der Waals surface area contributed by atoms with Crippen LogP contribution in [0.4, 0.5) is 0 Å². The summed E-state index contributed by atoms with van der Waals surface area (Å²) >= 11 is 0. The SMILES string of the molecule is C=CCc1cc(C(=O)NC2CS(=O)(=O)CC2N2CCCC2)cc(OC)c1OC. The second-order valence-corrected chi connectivity index (χ2v) is 9.48. The van der Waals surface area contributed by atoms with Gasteiger partial charge in [-0.1, -0.05) is 6.08 Å². The Morgan fingerprint density at radius 3 is 2.57 bits per heavy atom. The predicted molar refractivity (Wildman–Crippen MR) is 108 cm³/mol. The minimum Gasteiger partial charge on any atom is -0.493 e. The number of methoxy groups -OCH3 is 2. The molecule has 2 saturated heterocycles. The molecule has 3 rings (SSSR count). The highest BCUT2D eigenvalue weighted by molar-refractivity contribution is 7.91. The molecular formula is C20H28N2O5S. The molecule has 1 aromatic carbocycles. The van der Waals surface area contributed by atoms with Crippen LogP contribution in [0.3, 0.4) is 0 Å². The van der Waals surface area contributed by atoms with Gasteiger partial charge in [0.15, 0.2) is 21.3 Å². The van der Waals surface area contributed by atoms with E-state index >= 15 is 0 Å². The highest BCUT2D eigenvalue weighted by Crippen LogP contribution is 2.33. The summed E-state index contributed by atoms with van der Waals surface area (Å²) in [5.41, 5.74) is 1.20. The summed E-state index contributed by atoms with van der Waals surface area (Å²) in [5, 5.41) is 2.95. The average molecular weight is 409 g/mol. The van der Waals surface area contributed by atoms with Gasteiger partial charge in [0, 0.05) is 17.2 Å². The Morgan fingerprint density at radius 1 is 1.25 bits per heavy atom. The molecule has 0 aromatic heterocycles. The topological polar surface area (TPSA) is 84.9 Å². The molecule has 1 amide bonds. The van der Waals surface area contributed by atoms with Crippen LogP contribution >= 0.6 is 0 Å². The largest absolute Gasteiger partial charge is 0.493 e. The number of nitrogens with zero attached hydrogens (tertiary/aromatic N) is 1. The summed E-state index contributed by atoms with van der Waals surface area (Å²) < 4.78 is 35.2. The van der Waals surface area contributed by atoms with E-state index in [9.17, 15) is 13.2 Å². The molecule has 28 heavy (non-hydrogen) atoms. The number of hydrogen-bond acceptors (Lipinski definition) is 6. The first-order valence-corrected chi connectivity index (χ1v) is 11.3. The van der Waals surface area contributed by atoms with E-state index < -0.39 is 15.9 Å². The first-order valence-electron chi connectivity index (χ1n) is 9.49. The lowest BCUT2D eigenvalue weighted by Gasteiger charge is -2.28. The number of sulfone groups is 1. The van der Waals surface area contributed by atoms with E-state index in [4.69, 9.17) is 9.47 Å². The van der Waals surface area contributed by atoms with Crippen LogP contribution < -0.4 is 14.8 Å². The third-order valence-electron chi connectivity index (χ3n) is 5.43. The summed E-state index contributed by atoms with van der Waals surface area (Å²) in [6.07, 6.45) is 4.39. The number of hydrogen-bond donors (Lipinski definition) is 1. The van der Waals surface area contributed by atoms with Crippen molar-refractivity contribution in [2.75, 3.05) is 38.8 Å². The maximum atomic E-state index is 12.9. The van der Waals surface area contributed by atoms with Gasteiger partial charge < -0.3 is 14.8 Å². The van der Waals surface area contributed by atoms with Crippen molar-refractivity contribution in [3.63, 3.8) is 0 Å². The molecule has 154 valence electrons. The van der Waals surface area contributed by atoms with Gasteiger partial charge in [-0.05, 0) is 44.5 Å². The molecule has 2 fully saturated rings. The zero-order chi connectivity index (χ0) is 20.3. The van der Waals surface area contributed by atoms with Crippen LogP contribution in [0.5, 0.6) is 11.5 Å². The smallest absolute Gasteiger partial charge is 0.251 e. The summed E-state index contributed by atoms with van der Waals surface area (Å²) in [4.78, 5) is 15.1. The second kappa shape index (κ2) is 8.53. The first kappa shape index (κ1) is 20.7. The highest BCUT2D eigenvalue weighted by atomic mass is 32.2. The second-order valence-electron chi connectivity index (χ2n) is 7.33. The lowest BCUT2D eigenvalue weighted by Crippen LogP contribution is -2.50. The summed E-state index contributed by atoms with van der Waals surface area (Å²) in [5.74, 6) is 0.801. The van der Waals surface area contributed by atoms with Gasteiger partial charge in [0.25, 0.3) is 5.91 Å². The van der Waals surface area contributed by atoms with Gasteiger partial charge in [0.1, 0.15) is 0 Å². The number of benzene rings is 1. The quantitative estimate of drug-likeness (QED) is 0.687. The van der Waals surface area contributed by atoms with Gasteiger partial charge in [-0.15, -0.1) is 6.58 Å². The van der Waals surface area contributed by atoms with E-state index in [1.165, 1.54) is 7.11 Å². The fourth-order valence-corrected chi connectivity index (χ4v) is 6.09. The number of ether oxygens (including phenoxy) is 2. The lowest BCUT2D eigenvalue weighted by atomic mass is 10.0. The van der Waals surface area contributed by atoms with Crippen LogP contribution in [0.15, 0.2) is 24.8 Å². The molecule has 0 aliphatic carbocycles. The van der Waals surface area contributed by atoms with Gasteiger partial charge in [-0.2, -0.15) is 0 Å². The number of amides is 1. The lowest BCUT2D eigenvalue weighted by molar-refractivity contribution is 0.0918. The van der Waals surface area contributed by atoms with E-state index in [0.29, 0.717) is 23.5 Å². The average Bonchev–Trinajstić information content (AvgIpc) is 3.28. The van der Waals surface area contributed by atoms with Crippen LogP contribution in [0.2, 0.25) is 0 Å². The fourth-order valence-electron chi connectivity index (χ4n) is 4.13. The molecule has 1 N–H and O–H groups in total. The highest BCUT2D eigenvalue weighted by Gasteiger charge is 2.42. The molecular weight excluding hydrogens is 380 g/mol. The minimum absolute atomic E-state index is 0.0211. The summed E-state index contributed by atoms with van der Waals surface area (Å²) in [6.45, 7) is 5.51. The zero-order valence-corrected chi connectivity index (χ0v) is 17.3. The summed E-state index contributed by atoms with van der Waals surface area (Å²) in [7, 11) is -0.0966. The van der Waals surface area contributed by atoms with Gasteiger partial charge >= 0.3 is 0 Å². The number of likely N-dealkylation sites (tertiary alicyclic amines) is 1. The van der Waals surface area contributed by atoms with Crippen molar-refractivity contribution in [2.24, 2.45) is 0 Å². The molecule has 1 aromatic rings. The van der Waals surface area contributed by atoms with Crippen molar-refractivity contribution in [3.05, 3.63) is 35.9 Å². The molecule has 2 unspecified atom stereocenters.